The van der Waals surface area contributed by atoms with Crippen LogP contribution in [-0.2, 0) is 4.79 Å². The second kappa shape index (κ2) is 10.3. The molecule has 2 amide bonds. The van der Waals surface area contributed by atoms with Crippen LogP contribution in [0.25, 0.3) is 0 Å². The zero-order chi connectivity index (χ0) is 22.2. The molecule has 160 valence electrons. The maximum atomic E-state index is 13.3. The fraction of sp³-hybridized carbons (Fsp3) is 0.200. The molecule has 0 saturated carbocycles. The van der Waals surface area contributed by atoms with Crippen molar-refractivity contribution >= 4 is 11.8 Å². The molecule has 0 radical (unpaired) electrons. The number of hydrogen-bond donors (Lipinski definition) is 2. The van der Waals surface area contributed by atoms with E-state index in [2.05, 4.69) is 10.6 Å². The molecular weight excluding hydrogens is 392 g/mol. The van der Waals surface area contributed by atoms with E-state index >= 15 is 0 Å². The number of methoxy groups -OCH3 is 2. The topological polar surface area (TPSA) is 76.7 Å². The summed E-state index contributed by atoms with van der Waals surface area (Å²) in [6, 6.07) is 22.1. The molecule has 0 saturated heterocycles. The number of rotatable bonds is 8. The van der Waals surface area contributed by atoms with Crippen LogP contribution < -0.4 is 20.1 Å². The van der Waals surface area contributed by atoms with Crippen LogP contribution in [0.5, 0.6) is 11.5 Å². The van der Waals surface area contributed by atoms with Crippen LogP contribution in [0, 0.1) is 0 Å². The Morgan fingerprint density at radius 3 is 2.06 bits per heavy atom. The van der Waals surface area contributed by atoms with Gasteiger partial charge in [-0.1, -0.05) is 48.5 Å². The SMILES string of the molecule is COc1ccc(OC)c(C(C)NC(=O)C(NC(=O)c2ccccc2)c2ccccc2)c1. The second-order valence-electron chi connectivity index (χ2n) is 7.02. The third-order valence-corrected chi connectivity index (χ3v) is 4.97. The molecule has 0 aliphatic carbocycles. The Morgan fingerprint density at radius 1 is 0.806 bits per heavy atom. The van der Waals surface area contributed by atoms with E-state index in [0.29, 0.717) is 22.6 Å². The molecule has 0 aromatic heterocycles. The summed E-state index contributed by atoms with van der Waals surface area (Å²) in [5, 5.41) is 5.84. The summed E-state index contributed by atoms with van der Waals surface area (Å²) in [6.07, 6.45) is 0. The highest BCUT2D eigenvalue weighted by atomic mass is 16.5. The molecule has 31 heavy (non-hydrogen) atoms. The molecule has 3 rings (SSSR count). The van der Waals surface area contributed by atoms with E-state index in [1.807, 2.05) is 49.4 Å². The van der Waals surface area contributed by atoms with Crippen molar-refractivity contribution in [3.8, 4) is 11.5 Å². The zero-order valence-corrected chi connectivity index (χ0v) is 17.8. The van der Waals surface area contributed by atoms with Gasteiger partial charge in [0.1, 0.15) is 17.5 Å². The van der Waals surface area contributed by atoms with Crippen molar-refractivity contribution in [1.29, 1.82) is 0 Å². The van der Waals surface area contributed by atoms with Gasteiger partial charge < -0.3 is 20.1 Å². The van der Waals surface area contributed by atoms with Gasteiger partial charge in [-0.3, -0.25) is 9.59 Å². The van der Waals surface area contributed by atoms with Crippen LogP contribution in [0.1, 0.15) is 40.5 Å². The first-order valence-electron chi connectivity index (χ1n) is 9.96. The van der Waals surface area contributed by atoms with Gasteiger partial charge in [0.15, 0.2) is 0 Å². The van der Waals surface area contributed by atoms with Gasteiger partial charge in [-0.05, 0) is 42.8 Å². The lowest BCUT2D eigenvalue weighted by molar-refractivity contribution is -0.123. The molecule has 0 spiro atoms. The number of hydrogen-bond acceptors (Lipinski definition) is 4. The smallest absolute Gasteiger partial charge is 0.252 e. The predicted molar refractivity (Wildman–Crippen MR) is 119 cm³/mol. The van der Waals surface area contributed by atoms with Crippen molar-refractivity contribution in [3.63, 3.8) is 0 Å². The lowest BCUT2D eigenvalue weighted by Crippen LogP contribution is -2.41. The number of carbonyl (C=O) groups excluding carboxylic acids is 2. The minimum absolute atomic E-state index is 0.323. The van der Waals surface area contributed by atoms with Gasteiger partial charge in [0.05, 0.1) is 20.3 Å². The maximum absolute atomic E-state index is 13.3. The fourth-order valence-corrected chi connectivity index (χ4v) is 3.30. The molecule has 2 atom stereocenters. The van der Waals surface area contributed by atoms with Crippen LogP contribution in [0.15, 0.2) is 78.9 Å². The molecule has 0 aliphatic rings. The molecule has 6 nitrogen and oxygen atoms in total. The Morgan fingerprint density at radius 2 is 1.45 bits per heavy atom. The van der Waals surface area contributed by atoms with Crippen LogP contribution in [0.4, 0.5) is 0 Å². The quantitative estimate of drug-likeness (QED) is 0.579. The first-order valence-corrected chi connectivity index (χ1v) is 9.96. The second-order valence-corrected chi connectivity index (χ2v) is 7.02. The highest BCUT2D eigenvalue weighted by Gasteiger charge is 2.25. The van der Waals surface area contributed by atoms with E-state index in [1.165, 1.54) is 0 Å². The minimum atomic E-state index is -0.854. The molecule has 3 aromatic rings. The van der Waals surface area contributed by atoms with Crippen molar-refractivity contribution in [2.75, 3.05) is 14.2 Å². The first-order chi connectivity index (χ1) is 15.0. The summed E-state index contributed by atoms with van der Waals surface area (Å²) >= 11 is 0. The van der Waals surface area contributed by atoms with Crippen molar-refractivity contribution in [2.45, 2.75) is 19.0 Å². The van der Waals surface area contributed by atoms with Crippen LogP contribution in [-0.4, -0.2) is 26.0 Å². The molecule has 0 bridgehead atoms. The van der Waals surface area contributed by atoms with E-state index < -0.39 is 6.04 Å². The summed E-state index contributed by atoms with van der Waals surface area (Å²) in [4.78, 5) is 26.0. The minimum Gasteiger partial charge on any atom is -0.497 e. The summed E-state index contributed by atoms with van der Waals surface area (Å²) < 4.78 is 10.7. The lowest BCUT2D eigenvalue weighted by Gasteiger charge is -2.23. The van der Waals surface area contributed by atoms with Gasteiger partial charge in [-0.15, -0.1) is 0 Å². The van der Waals surface area contributed by atoms with Gasteiger partial charge in [0.25, 0.3) is 5.91 Å². The number of ether oxygens (including phenoxy) is 2. The van der Waals surface area contributed by atoms with Crippen LogP contribution in [0.3, 0.4) is 0 Å². The molecule has 6 heteroatoms. The normalized spacial score (nSPS) is 12.4. The highest BCUT2D eigenvalue weighted by molar-refractivity contribution is 5.97. The largest absolute Gasteiger partial charge is 0.497 e. The molecule has 0 heterocycles. The van der Waals surface area contributed by atoms with Gasteiger partial charge >= 0.3 is 0 Å². The molecule has 2 N–H and O–H groups in total. The van der Waals surface area contributed by atoms with E-state index in [9.17, 15) is 9.59 Å². The Kier molecular flexibility index (Phi) is 7.27. The highest BCUT2D eigenvalue weighted by Crippen LogP contribution is 2.29. The fourth-order valence-electron chi connectivity index (χ4n) is 3.30. The van der Waals surface area contributed by atoms with Gasteiger partial charge in [-0.2, -0.15) is 0 Å². The molecule has 3 aromatic carbocycles. The monoisotopic (exact) mass is 418 g/mol. The van der Waals surface area contributed by atoms with Gasteiger partial charge in [0, 0.05) is 11.1 Å². The first kappa shape index (κ1) is 21.9. The van der Waals surface area contributed by atoms with Crippen molar-refractivity contribution in [3.05, 3.63) is 95.6 Å². The number of carbonyl (C=O) groups is 2. The molecular formula is C25H26N2O4. The van der Waals surface area contributed by atoms with Crippen molar-refractivity contribution in [1.82, 2.24) is 10.6 Å². The molecule has 0 fully saturated rings. The maximum Gasteiger partial charge on any atom is 0.252 e. The Hall–Kier alpha value is -3.80. The third kappa shape index (κ3) is 5.42. The lowest BCUT2D eigenvalue weighted by atomic mass is 10.0. The number of amides is 2. The Labute approximate surface area is 182 Å². The standard InChI is InChI=1S/C25H26N2O4/c1-17(21-16-20(30-2)14-15-22(21)31-3)26-25(29)23(18-10-6-4-7-11-18)27-24(28)19-12-8-5-9-13-19/h4-17,23H,1-3H3,(H,26,29)(H,27,28). The summed E-state index contributed by atoms with van der Waals surface area (Å²) in [6.45, 7) is 1.86. The van der Waals surface area contributed by atoms with E-state index in [0.717, 1.165) is 5.56 Å². The zero-order valence-electron chi connectivity index (χ0n) is 17.8. The van der Waals surface area contributed by atoms with Crippen LogP contribution >= 0.6 is 0 Å². The van der Waals surface area contributed by atoms with E-state index in [-0.39, 0.29) is 17.9 Å². The average Bonchev–Trinajstić information content (AvgIpc) is 2.82. The Bertz CT molecular complexity index is 1020. The number of benzene rings is 3. The molecule has 0 aliphatic heterocycles. The Balaban J connectivity index is 1.84. The third-order valence-electron chi connectivity index (χ3n) is 4.97. The average molecular weight is 418 g/mol. The van der Waals surface area contributed by atoms with Crippen molar-refractivity contribution < 1.29 is 19.1 Å². The van der Waals surface area contributed by atoms with E-state index in [4.69, 9.17) is 9.47 Å². The number of nitrogens with one attached hydrogen (secondary N) is 2. The van der Waals surface area contributed by atoms with Crippen LogP contribution in [0.2, 0.25) is 0 Å². The summed E-state index contributed by atoms with van der Waals surface area (Å²) in [7, 11) is 3.16. The molecule has 2 unspecified atom stereocenters. The van der Waals surface area contributed by atoms with Gasteiger partial charge in [0.2, 0.25) is 5.91 Å². The summed E-state index contributed by atoms with van der Waals surface area (Å²) in [5.74, 6) is 0.649. The predicted octanol–water partition coefficient (Wildman–Crippen LogP) is 4.05. The summed E-state index contributed by atoms with van der Waals surface area (Å²) in [5.41, 5.74) is 1.95. The van der Waals surface area contributed by atoms with E-state index in [1.54, 1.807) is 50.6 Å². The van der Waals surface area contributed by atoms with Gasteiger partial charge in [-0.25, -0.2) is 0 Å². The van der Waals surface area contributed by atoms with Crippen molar-refractivity contribution in [2.24, 2.45) is 0 Å².